The topological polar surface area (TPSA) is 24.0 Å². The van der Waals surface area contributed by atoms with Crippen LogP contribution in [0.1, 0.15) is 30.1 Å². The van der Waals surface area contributed by atoms with Crippen molar-refractivity contribution in [3.05, 3.63) is 52.6 Å². The molecule has 0 spiro atoms. The monoisotopic (exact) mass is 287 g/mol. The van der Waals surface area contributed by atoms with E-state index in [4.69, 9.17) is 12.2 Å². The number of imidazole rings is 1. The van der Waals surface area contributed by atoms with Crippen molar-refractivity contribution in [3.8, 4) is 0 Å². The average Bonchev–Trinajstić information content (AvgIpc) is 2.79. The number of aryl methyl sites for hydroxylation is 1. The van der Waals surface area contributed by atoms with Gasteiger partial charge in [0.2, 0.25) is 0 Å². The normalized spacial score (nSPS) is 20.1. The molecule has 0 saturated carbocycles. The second-order valence-corrected chi connectivity index (χ2v) is 6.05. The minimum absolute atomic E-state index is 0.505. The zero-order chi connectivity index (χ0) is 13.9. The molecule has 1 saturated heterocycles. The van der Waals surface area contributed by atoms with E-state index in [9.17, 15) is 0 Å². The lowest BCUT2D eigenvalue weighted by atomic mass is 10.0. The molecule has 3 nitrogen and oxygen atoms in total. The molecule has 1 aromatic heterocycles. The quantitative estimate of drug-likeness (QED) is 0.871. The summed E-state index contributed by atoms with van der Waals surface area (Å²) in [6, 6.07) is 11.2. The molecular formula is C16H21N3S. The zero-order valence-corrected chi connectivity index (χ0v) is 12.7. The SMILES string of the molecule is Cc1cn(C2CCCN(Cc3ccccc3)C2)c(=S)[nH]1. The number of aromatic nitrogens is 2. The van der Waals surface area contributed by atoms with E-state index in [1.54, 1.807) is 0 Å². The highest BCUT2D eigenvalue weighted by atomic mass is 32.1. The summed E-state index contributed by atoms with van der Waals surface area (Å²) in [6.45, 7) is 5.37. The number of nitrogens with one attached hydrogen (secondary N) is 1. The van der Waals surface area contributed by atoms with Gasteiger partial charge in [0.05, 0.1) is 0 Å². The number of rotatable bonds is 3. The molecule has 1 atom stereocenters. The Morgan fingerprint density at radius 1 is 1.30 bits per heavy atom. The number of aromatic amines is 1. The van der Waals surface area contributed by atoms with Crippen LogP contribution >= 0.6 is 12.2 Å². The first-order valence-corrected chi connectivity index (χ1v) is 7.67. The lowest BCUT2D eigenvalue weighted by Gasteiger charge is -2.33. The predicted octanol–water partition coefficient (Wildman–Crippen LogP) is 3.69. The molecule has 1 aromatic carbocycles. The molecule has 0 radical (unpaired) electrons. The number of piperidine rings is 1. The van der Waals surface area contributed by atoms with Gasteiger partial charge in [-0.05, 0) is 44.1 Å². The maximum Gasteiger partial charge on any atom is 0.177 e. The van der Waals surface area contributed by atoms with Crippen molar-refractivity contribution in [2.24, 2.45) is 0 Å². The van der Waals surface area contributed by atoms with Crippen molar-refractivity contribution in [2.45, 2.75) is 32.4 Å². The van der Waals surface area contributed by atoms with Gasteiger partial charge < -0.3 is 9.55 Å². The van der Waals surface area contributed by atoms with Gasteiger partial charge in [-0.15, -0.1) is 0 Å². The number of hydrogen-bond acceptors (Lipinski definition) is 2. The van der Waals surface area contributed by atoms with Gasteiger partial charge >= 0.3 is 0 Å². The molecule has 1 fully saturated rings. The Morgan fingerprint density at radius 3 is 2.80 bits per heavy atom. The van der Waals surface area contributed by atoms with Gasteiger partial charge in [-0.25, -0.2) is 0 Å². The second kappa shape index (κ2) is 5.94. The van der Waals surface area contributed by atoms with Crippen LogP contribution in [-0.2, 0) is 6.54 Å². The van der Waals surface area contributed by atoms with Crippen molar-refractivity contribution in [1.29, 1.82) is 0 Å². The first-order chi connectivity index (χ1) is 9.72. The zero-order valence-electron chi connectivity index (χ0n) is 11.9. The average molecular weight is 287 g/mol. The van der Waals surface area contributed by atoms with E-state index in [-0.39, 0.29) is 0 Å². The lowest BCUT2D eigenvalue weighted by molar-refractivity contribution is 0.169. The summed E-state index contributed by atoms with van der Waals surface area (Å²) < 4.78 is 3.09. The Kier molecular flexibility index (Phi) is 4.03. The van der Waals surface area contributed by atoms with Gasteiger partial charge in [-0.3, -0.25) is 4.90 Å². The van der Waals surface area contributed by atoms with E-state index in [0.717, 1.165) is 23.6 Å². The van der Waals surface area contributed by atoms with Crippen LogP contribution in [0.15, 0.2) is 36.5 Å². The number of likely N-dealkylation sites (tertiary alicyclic amines) is 1. The smallest absolute Gasteiger partial charge is 0.177 e. The highest BCUT2D eigenvalue weighted by Gasteiger charge is 2.21. The van der Waals surface area contributed by atoms with Crippen LogP contribution in [-0.4, -0.2) is 27.5 Å². The molecule has 106 valence electrons. The van der Waals surface area contributed by atoms with Crippen LogP contribution in [0.2, 0.25) is 0 Å². The van der Waals surface area contributed by atoms with E-state index >= 15 is 0 Å². The molecule has 4 heteroatoms. The summed E-state index contributed by atoms with van der Waals surface area (Å²) >= 11 is 5.41. The third-order valence-electron chi connectivity index (χ3n) is 3.99. The highest BCUT2D eigenvalue weighted by Crippen LogP contribution is 2.23. The molecule has 1 N–H and O–H groups in total. The number of H-pyrrole nitrogens is 1. The van der Waals surface area contributed by atoms with Crippen LogP contribution in [0.3, 0.4) is 0 Å². The Labute approximate surface area is 125 Å². The van der Waals surface area contributed by atoms with Crippen molar-refractivity contribution < 1.29 is 0 Å². The van der Waals surface area contributed by atoms with Gasteiger partial charge in [-0.1, -0.05) is 30.3 Å². The van der Waals surface area contributed by atoms with Crippen molar-refractivity contribution >= 4 is 12.2 Å². The molecule has 0 bridgehead atoms. The summed E-state index contributed by atoms with van der Waals surface area (Å²) in [7, 11) is 0. The second-order valence-electron chi connectivity index (χ2n) is 5.67. The summed E-state index contributed by atoms with van der Waals surface area (Å²) in [5.74, 6) is 0. The van der Waals surface area contributed by atoms with Gasteiger partial charge in [0, 0.05) is 31.0 Å². The van der Waals surface area contributed by atoms with Crippen LogP contribution in [0.5, 0.6) is 0 Å². The minimum Gasteiger partial charge on any atom is -0.335 e. The van der Waals surface area contributed by atoms with E-state index in [2.05, 4.69) is 57.9 Å². The lowest BCUT2D eigenvalue weighted by Crippen LogP contribution is -2.36. The predicted molar refractivity (Wildman–Crippen MR) is 84.3 cm³/mol. The van der Waals surface area contributed by atoms with Crippen molar-refractivity contribution in [3.63, 3.8) is 0 Å². The van der Waals surface area contributed by atoms with Gasteiger partial charge in [-0.2, -0.15) is 0 Å². The maximum atomic E-state index is 5.41. The molecule has 0 aliphatic carbocycles. The standard InChI is InChI=1S/C16H21N3S/c1-13-10-19(16(20)17-13)15-8-5-9-18(12-15)11-14-6-3-2-4-7-14/h2-4,6-7,10,15H,5,8-9,11-12H2,1H3,(H,17,20). The molecule has 2 heterocycles. The summed E-state index contributed by atoms with van der Waals surface area (Å²) in [6.07, 6.45) is 4.61. The van der Waals surface area contributed by atoms with Crippen LogP contribution < -0.4 is 0 Å². The Bertz CT molecular complexity index is 614. The molecule has 0 amide bonds. The van der Waals surface area contributed by atoms with E-state index < -0.39 is 0 Å². The number of nitrogens with zero attached hydrogens (tertiary/aromatic N) is 2. The van der Waals surface area contributed by atoms with Crippen LogP contribution in [0.4, 0.5) is 0 Å². The molecule has 2 aromatic rings. The summed E-state index contributed by atoms with van der Waals surface area (Å²) in [5.41, 5.74) is 2.54. The largest absolute Gasteiger partial charge is 0.335 e. The molecule has 1 aliphatic heterocycles. The molecule has 20 heavy (non-hydrogen) atoms. The summed E-state index contributed by atoms with van der Waals surface area (Å²) in [4.78, 5) is 5.76. The molecule has 1 aliphatic rings. The van der Waals surface area contributed by atoms with E-state index in [1.165, 1.54) is 24.9 Å². The van der Waals surface area contributed by atoms with Gasteiger partial charge in [0.15, 0.2) is 4.77 Å². The number of hydrogen-bond donors (Lipinski definition) is 1. The first-order valence-electron chi connectivity index (χ1n) is 7.26. The minimum atomic E-state index is 0.505. The van der Waals surface area contributed by atoms with Crippen molar-refractivity contribution in [2.75, 3.05) is 13.1 Å². The summed E-state index contributed by atoms with van der Waals surface area (Å²) in [5, 5.41) is 0. The van der Waals surface area contributed by atoms with Crippen LogP contribution in [0, 0.1) is 11.7 Å². The third kappa shape index (κ3) is 3.02. The van der Waals surface area contributed by atoms with E-state index in [0.29, 0.717) is 6.04 Å². The Morgan fingerprint density at radius 2 is 2.10 bits per heavy atom. The number of benzene rings is 1. The fourth-order valence-corrected chi connectivity index (χ4v) is 3.41. The molecule has 1 unspecified atom stereocenters. The van der Waals surface area contributed by atoms with Gasteiger partial charge in [0.1, 0.15) is 0 Å². The highest BCUT2D eigenvalue weighted by molar-refractivity contribution is 7.71. The Hall–Kier alpha value is -1.39. The fourth-order valence-electron chi connectivity index (χ4n) is 3.05. The third-order valence-corrected chi connectivity index (χ3v) is 4.31. The molecule has 3 rings (SSSR count). The van der Waals surface area contributed by atoms with Crippen LogP contribution in [0.25, 0.3) is 0 Å². The fraction of sp³-hybridized carbons (Fsp3) is 0.438. The van der Waals surface area contributed by atoms with Crippen molar-refractivity contribution in [1.82, 2.24) is 14.5 Å². The van der Waals surface area contributed by atoms with E-state index in [1.807, 2.05) is 0 Å². The Balaban J connectivity index is 1.71. The van der Waals surface area contributed by atoms with Gasteiger partial charge in [0.25, 0.3) is 0 Å². The molecular weight excluding hydrogens is 266 g/mol. The maximum absolute atomic E-state index is 5.41. The first kappa shape index (κ1) is 13.6.